The van der Waals surface area contributed by atoms with Crippen molar-refractivity contribution in [3.63, 3.8) is 0 Å². The van der Waals surface area contributed by atoms with E-state index < -0.39 is 0 Å². The number of fused-ring (bicyclic) bond motifs is 1. The van der Waals surface area contributed by atoms with Gasteiger partial charge >= 0.3 is 0 Å². The maximum atomic E-state index is 12.5. The molecule has 0 atom stereocenters. The molecule has 1 aromatic heterocycles. The lowest BCUT2D eigenvalue weighted by atomic mass is 9.82. The highest BCUT2D eigenvalue weighted by molar-refractivity contribution is 5.98. The fourth-order valence-electron chi connectivity index (χ4n) is 3.37. The Labute approximate surface area is 144 Å². The lowest BCUT2D eigenvalue weighted by Crippen LogP contribution is -2.38. The van der Waals surface area contributed by atoms with Gasteiger partial charge in [-0.2, -0.15) is 0 Å². The van der Waals surface area contributed by atoms with Crippen molar-refractivity contribution in [1.82, 2.24) is 10.5 Å². The number of amides is 1. The van der Waals surface area contributed by atoms with Crippen LogP contribution in [0.4, 0.5) is 0 Å². The molecule has 0 saturated heterocycles. The van der Waals surface area contributed by atoms with Crippen LogP contribution in [0.1, 0.15) is 48.9 Å². The van der Waals surface area contributed by atoms with Gasteiger partial charge in [0.25, 0.3) is 0 Å². The van der Waals surface area contributed by atoms with Crippen molar-refractivity contribution < 1.29 is 19.1 Å². The molecule has 0 spiro atoms. The lowest BCUT2D eigenvalue weighted by molar-refractivity contribution is -0.782. The Kier molecular flexibility index (Phi) is 5.28. The minimum absolute atomic E-state index is 0.00134. The minimum Gasteiger partial charge on any atom is -0.359 e. The first-order valence-electron chi connectivity index (χ1n) is 8.59. The number of Topliss-reactive ketones (excluding diaryl/α,β-unsaturated/α-hetero) is 1. The second kappa shape index (κ2) is 7.60. The van der Waals surface area contributed by atoms with E-state index in [-0.39, 0.29) is 17.7 Å². The Bertz CT molecular complexity index is 765. The number of hydrogen-bond acceptors (Lipinski definition) is 6. The monoisotopic (exact) mass is 346 g/mol. The number of aromatic nitrogens is 2. The Morgan fingerprint density at radius 2 is 2.08 bits per heavy atom. The molecular weight excluding hydrogens is 324 g/mol. The van der Waals surface area contributed by atoms with E-state index in [4.69, 9.17) is 5.73 Å². The van der Waals surface area contributed by atoms with Crippen molar-refractivity contribution in [1.29, 1.82) is 0 Å². The number of rotatable bonds is 6. The molecule has 0 unspecified atom stereocenters. The number of nitrogens with one attached hydrogen (secondary N) is 1. The Balaban J connectivity index is 1.52. The van der Waals surface area contributed by atoms with Gasteiger partial charge in [-0.3, -0.25) is 14.2 Å². The fraction of sp³-hybridized carbons (Fsp3) is 0.529. The van der Waals surface area contributed by atoms with E-state index in [1.165, 1.54) is 0 Å². The largest absolute Gasteiger partial charge is 0.359 e. The van der Waals surface area contributed by atoms with Crippen LogP contribution in [0.15, 0.2) is 22.8 Å². The van der Waals surface area contributed by atoms with Crippen LogP contribution in [0.5, 0.6) is 0 Å². The van der Waals surface area contributed by atoms with Crippen LogP contribution < -0.4 is 16.0 Å². The second-order valence-corrected chi connectivity index (χ2v) is 6.58. The number of carbonyl (C=O) groups is 2. The number of benzene rings is 1. The van der Waals surface area contributed by atoms with Crippen LogP contribution in [0.3, 0.4) is 0 Å². The third kappa shape index (κ3) is 4.14. The normalized spacial score (nSPS) is 20.5. The molecule has 0 aliphatic heterocycles. The molecule has 25 heavy (non-hydrogen) atoms. The van der Waals surface area contributed by atoms with Crippen molar-refractivity contribution in [3.05, 3.63) is 29.0 Å². The summed E-state index contributed by atoms with van der Waals surface area (Å²) in [6, 6.07) is 4.96. The summed E-state index contributed by atoms with van der Waals surface area (Å²) in [7, 11) is 0. The second-order valence-electron chi connectivity index (χ2n) is 6.58. The number of nitrogens with two attached hydrogens (primary N) is 1. The van der Waals surface area contributed by atoms with Gasteiger partial charge in [0, 0.05) is 42.2 Å². The first-order chi connectivity index (χ1) is 12.1. The smallest absolute Gasteiger partial charge is 0.249 e. The SMILES string of the molecule is NCCC(=O)NC1CCC(CC(=O)c2ccc3c(c2)no[n+]3[O-])CC1. The quantitative estimate of drug-likeness (QED) is 0.595. The fourth-order valence-corrected chi connectivity index (χ4v) is 3.37. The van der Waals surface area contributed by atoms with Gasteiger partial charge < -0.3 is 16.3 Å². The first-order valence-corrected chi connectivity index (χ1v) is 8.59. The van der Waals surface area contributed by atoms with Gasteiger partial charge in [0.05, 0.1) is 0 Å². The lowest BCUT2D eigenvalue weighted by Gasteiger charge is -2.28. The molecule has 1 saturated carbocycles. The molecule has 1 aliphatic rings. The van der Waals surface area contributed by atoms with E-state index in [2.05, 4.69) is 15.1 Å². The molecule has 0 bridgehead atoms. The van der Waals surface area contributed by atoms with Crippen LogP contribution in [0.25, 0.3) is 11.0 Å². The summed E-state index contributed by atoms with van der Waals surface area (Å²) in [6.45, 7) is 0.359. The first kappa shape index (κ1) is 17.3. The van der Waals surface area contributed by atoms with E-state index in [9.17, 15) is 14.8 Å². The predicted molar refractivity (Wildman–Crippen MR) is 89.5 cm³/mol. The summed E-state index contributed by atoms with van der Waals surface area (Å²) in [4.78, 5) is 24.4. The molecule has 1 aromatic carbocycles. The van der Waals surface area contributed by atoms with Crippen LogP contribution in [-0.4, -0.2) is 29.4 Å². The zero-order chi connectivity index (χ0) is 17.8. The molecule has 1 aliphatic carbocycles. The molecule has 3 N–H and O–H groups in total. The summed E-state index contributed by atoms with van der Waals surface area (Å²) in [5, 5.41) is 17.9. The highest BCUT2D eigenvalue weighted by atomic mass is 16.8. The molecule has 1 amide bonds. The van der Waals surface area contributed by atoms with Crippen molar-refractivity contribution in [3.8, 4) is 0 Å². The van der Waals surface area contributed by atoms with Gasteiger partial charge in [0.2, 0.25) is 16.9 Å². The third-order valence-electron chi connectivity index (χ3n) is 4.76. The molecule has 8 heteroatoms. The van der Waals surface area contributed by atoms with Crippen LogP contribution >= 0.6 is 0 Å². The Hall–Kier alpha value is -2.48. The van der Waals surface area contributed by atoms with Crippen molar-refractivity contribution in [2.45, 2.75) is 44.6 Å². The van der Waals surface area contributed by atoms with Crippen molar-refractivity contribution in [2.75, 3.05) is 6.54 Å². The van der Waals surface area contributed by atoms with Gasteiger partial charge in [-0.15, -0.1) is 0 Å². The van der Waals surface area contributed by atoms with Crippen LogP contribution in [-0.2, 0) is 4.79 Å². The van der Waals surface area contributed by atoms with Crippen LogP contribution in [0, 0.1) is 11.1 Å². The summed E-state index contributed by atoms with van der Waals surface area (Å²) >= 11 is 0. The molecule has 2 aromatic rings. The van der Waals surface area contributed by atoms with Crippen LogP contribution in [0.2, 0.25) is 0 Å². The summed E-state index contributed by atoms with van der Waals surface area (Å²) < 4.78 is 4.52. The van der Waals surface area contributed by atoms with E-state index >= 15 is 0 Å². The molecule has 134 valence electrons. The molecule has 0 radical (unpaired) electrons. The highest BCUT2D eigenvalue weighted by Crippen LogP contribution is 2.28. The van der Waals surface area contributed by atoms with E-state index in [0.29, 0.717) is 46.8 Å². The summed E-state index contributed by atoms with van der Waals surface area (Å²) in [5.74, 6) is 0.351. The summed E-state index contributed by atoms with van der Waals surface area (Å²) in [6.07, 6.45) is 4.40. The van der Waals surface area contributed by atoms with Gasteiger partial charge in [-0.1, -0.05) is 0 Å². The predicted octanol–water partition coefficient (Wildman–Crippen LogP) is 1.06. The zero-order valence-electron chi connectivity index (χ0n) is 13.9. The number of hydrogen-bond donors (Lipinski definition) is 2. The Morgan fingerprint density at radius 1 is 1.32 bits per heavy atom. The molecule has 1 heterocycles. The molecular formula is C17H22N4O4. The molecule has 8 nitrogen and oxygen atoms in total. The highest BCUT2D eigenvalue weighted by Gasteiger charge is 2.25. The van der Waals surface area contributed by atoms with E-state index in [0.717, 1.165) is 25.7 Å². The topological polar surface area (TPSA) is 125 Å². The number of carbonyl (C=O) groups excluding carboxylic acids is 2. The third-order valence-corrected chi connectivity index (χ3v) is 4.76. The maximum absolute atomic E-state index is 12.5. The summed E-state index contributed by atoms with van der Waals surface area (Å²) in [5.41, 5.74) is 6.61. The average Bonchev–Trinajstić information content (AvgIpc) is 2.97. The van der Waals surface area contributed by atoms with Gasteiger partial charge in [-0.25, -0.2) is 0 Å². The van der Waals surface area contributed by atoms with Gasteiger partial charge in [0.1, 0.15) is 0 Å². The Morgan fingerprint density at radius 3 is 2.80 bits per heavy atom. The van der Waals surface area contributed by atoms with Gasteiger partial charge in [0.15, 0.2) is 5.78 Å². The standard InChI is InChI=1S/C17H22N4O4/c18-8-7-17(23)19-13-4-1-11(2-5-13)9-16(22)12-3-6-15-14(10-12)20-25-21(15)24/h3,6,10-11,13H,1-2,4-5,7-9,18H2,(H,19,23). The molecule has 3 rings (SSSR count). The maximum Gasteiger partial charge on any atom is 0.249 e. The van der Waals surface area contributed by atoms with E-state index in [1.807, 2.05) is 0 Å². The zero-order valence-corrected chi connectivity index (χ0v) is 13.9. The number of nitrogens with zero attached hydrogens (tertiary/aromatic N) is 2. The minimum atomic E-state index is -0.00134. The van der Waals surface area contributed by atoms with Crippen molar-refractivity contribution >= 4 is 22.7 Å². The molecule has 1 fully saturated rings. The number of ketones is 1. The van der Waals surface area contributed by atoms with Crippen molar-refractivity contribution in [2.24, 2.45) is 11.7 Å². The van der Waals surface area contributed by atoms with Gasteiger partial charge in [-0.05, 0) is 48.6 Å². The van der Waals surface area contributed by atoms with E-state index in [1.54, 1.807) is 18.2 Å². The average molecular weight is 346 g/mol.